The Morgan fingerprint density at radius 2 is 2.00 bits per heavy atom. The van der Waals surface area contributed by atoms with Crippen molar-refractivity contribution in [3.05, 3.63) is 0 Å². The molecule has 19 heavy (non-hydrogen) atoms. The van der Waals surface area contributed by atoms with Crippen molar-refractivity contribution >= 4 is 17.7 Å². The van der Waals surface area contributed by atoms with Gasteiger partial charge in [-0.2, -0.15) is 0 Å². The van der Waals surface area contributed by atoms with Crippen LogP contribution in [0.15, 0.2) is 0 Å². The van der Waals surface area contributed by atoms with E-state index in [-0.39, 0.29) is 30.1 Å². The molecule has 1 heterocycles. The second kappa shape index (κ2) is 6.14. The molecule has 0 spiro atoms. The topological polar surface area (TPSA) is 101 Å². The van der Waals surface area contributed by atoms with Crippen LogP contribution in [0.4, 0.5) is 0 Å². The zero-order valence-electron chi connectivity index (χ0n) is 11.0. The summed E-state index contributed by atoms with van der Waals surface area (Å²) in [6.07, 6.45) is 4.62. The first-order valence-corrected chi connectivity index (χ1v) is 6.96. The van der Waals surface area contributed by atoms with Gasteiger partial charge in [0.25, 0.3) is 0 Å². The number of carbonyl (C=O) groups is 3. The predicted octanol–water partition coefficient (Wildman–Crippen LogP) is -0.327. The van der Waals surface area contributed by atoms with Crippen molar-refractivity contribution in [2.75, 3.05) is 6.54 Å². The molecule has 0 radical (unpaired) electrons. The fraction of sp³-hybridized carbons (Fsp3) is 0.769. The van der Waals surface area contributed by atoms with E-state index in [1.54, 1.807) is 0 Å². The van der Waals surface area contributed by atoms with E-state index in [1.807, 2.05) is 0 Å². The van der Waals surface area contributed by atoms with E-state index < -0.39 is 11.9 Å². The quantitative estimate of drug-likeness (QED) is 0.609. The van der Waals surface area contributed by atoms with Crippen LogP contribution in [0.1, 0.15) is 38.5 Å². The second-order valence-corrected chi connectivity index (χ2v) is 5.40. The Hall–Kier alpha value is -1.43. The van der Waals surface area contributed by atoms with E-state index in [9.17, 15) is 14.4 Å². The first-order chi connectivity index (χ1) is 9.11. The predicted molar refractivity (Wildman–Crippen MR) is 68.8 cm³/mol. The minimum atomic E-state index is -0.578. The standard InChI is InChI=1S/C13H21N3O3/c14-7-8-3-1-2-4-9(8)12(18)15-10-5-6-11(17)16-13(10)19/h8-10H,1-7,14H2,(H,15,18)(H,16,17,19). The van der Waals surface area contributed by atoms with Gasteiger partial charge in [0.1, 0.15) is 6.04 Å². The van der Waals surface area contributed by atoms with E-state index in [2.05, 4.69) is 10.6 Å². The molecule has 3 unspecified atom stereocenters. The number of carbonyl (C=O) groups excluding carboxylic acids is 3. The van der Waals surface area contributed by atoms with E-state index >= 15 is 0 Å². The molecule has 3 atom stereocenters. The molecule has 0 aromatic carbocycles. The molecule has 6 nitrogen and oxygen atoms in total. The molecular weight excluding hydrogens is 246 g/mol. The molecule has 1 saturated heterocycles. The normalized spacial score (nSPS) is 31.7. The number of amides is 3. The average molecular weight is 267 g/mol. The highest BCUT2D eigenvalue weighted by Crippen LogP contribution is 2.29. The van der Waals surface area contributed by atoms with Crippen molar-refractivity contribution in [3.63, 3.8) is 0 Å². The van der Waals surface area contributed by atoms with Crippen molar-refractivity contribution in [2.24, 2.45) is 17.6 Å². The fourth-order valence-corrected chi connectivity index (χ4v) is 2.94. The van der Waals surface area contributed by atoms with Gasteiger partial charge in [-0.25, -0.2) is 0 Å². The Labute approximate surface area is 112 Å². The van der Waals surface area contributed by atoms with E-state index in [0.29, 0.717) is 13.0 Å². The Morgan fingerprint density at radius 3 is 2.68 bits per heavy atom. The van der Waals surface area contributed by atoms with Gasteiger partial charge >= 0.3 is 0 Å². The average Bonchev–Trinajstić information content (AvgIpc) is 2.41. The number of nitrogens with one attached hydrogen (secondary N) is 2. The van der Waals surface area contributed by atoms with Crippen LogP contribution >= 0.6 is 0 Å². The molecule has 6 heteroatoms. The highest BCUT2D eigenvalue weighted by molar-refractivity contribution is 6.01. The number of piperidine rings is 1. The third-order valence-electron chi connectivity index (χ3n) is 4.10. The molecule has 106 valence electrons. The fourth-order valence-electron chi connectivity index (χ4n) is 2.94. The number of imide groups is 1. The summed E-state index contributed by atoms with van der Waals surface area (Å²) in [5.41, 5.74) is 5.71. The lowest BCUT2D eigenvalue weighted by Crippen LogP contribution is -2.54. The SMILES string of the molecule is NCC1CCCCC1C(=O)NC1CCC(=O)NC1=O. The zero-order chi connectivity index (χ0) is 13.8. The van der Waals surface area contributed by atoms with Gasteiger partial charge in [-0.1, -0.05) is 12.8 Å². The lowest BCUT2D eigenvalue weighted by molar-refractivity contribution is -0.138. The van der Waals surface area contributed by atoms with Crippen molar-refractivity contribution < 1.29 is 14.4 Å². The van der Waals surface area contributed by atoms with Crippen molar-refractivity contribution in [1.29, 1.82) is 0 Å². The summed E-state index contributed by atoms with van der Waals surface area (Å²) >= 11 is 0. The molecule has 1 aliphatic carbocycles. The molecular formula is C13H21N3O3. The van der Waals surface area contributed by atoms with E-state index in [1.165, 1.54) is 0 Å². The maximum Gasteiger partial charge on any atom is 0.249 e. The first kappa shape index (κ1) is 14.0. The van der Waals surface area contributed by atoms with Crippen LogP contribution < -0.4 is 16.4 Å². The Bertz CT molecular complexity index is 383. The summed E-state index contributed by atoms with van der Waals surface area (Å²) in [6.45, 7) is 0.507. The van der Waals surface area contributed by atoms with Crippen LogP contribution in [0.25, 0.3) is 0 Å². The summed E-state index contributed by atoms with van der Waals surface area (Å²) in [5, 5.41) is 5.01. The zero-order valence-corrected chi connectivity index (χ0v) is 11.0. The summed E-state index contributed by atoms with van der Waals surface area (Å²) in [4.78, 5) is 34.9. The van der Waals surface area contributed by atoms with Gasteiger partial charge in [-0.05, 0) is 31.7 Å². The van der Waals surface area contributed by atoms with Crippen LogP contribution in [0.3, 0.4) is 0 Å². The highest BCUT2D eigenvalue weighted by atomic mass is 16.2. The van der Waals surface area contributed by atoms with Gasteiger partial charge in [0.15, 0.2) is 0 Å². The summed E-state index contributed by atoms with van der Waals surface area (Å²) in [7, 11) is 0. The molecule has 4 N–H and O–H groups in total. The monoisotopic (exact) mass is 267 g/mol. The number of hydrogen-bond acceptors (Lipinski definition) is 4. The molecule has 0 aromatic rings. The lowest BCUT2D eigenvalue weighted by Gasteiger charge is -2.31. The van der Waals surface area contributed by atoms with Crippen LogP contribution in [-0.2, 0) is 14.4 Å². The molecule has 2 aliphatic rings. The number of rotatable bonds is 3. The molecule has 0 aromatic heterocycles. The molecule has 2 rings (SSSR count). The number of hydrogen-bond donors (Lipinski definition) is 3. The Balaban J connectivity index is 1.92. The van der Waals surface area contributed by atoms with Gasteiger partial charge in [0.05, 0.1) is 0 Å². The highest BCUT2D eigenvalue weighted by Gasteiger charge is 2.34. The molecule has 3 amide bonds. The minimum Gasteiger partial charge on any atom is -0.344 e. The maximum atomic E-state index is 12.2. The van der Waals surface area contributed by atoms with Crippen molar-refractivity contribution in [3.8, 4) is 0 Å². The summed E-state index contributed by atoms with van der Waals surface area (Å²) in [5.74, 6) is -0.645. The Kier molecular flexibility index (Phi) is 4.52. The lowest BCUT2D eigenvalue weighted by atomic mass is 9.78. The van der Waals surface area contributed by atoms with Gasteiger partial charge < -0.3 is 11.1 Å². The van der Waals surface area contributed by atoms with Crippen LogP contribution in [-0.4, -0.2) is 30.3 Å². The Morgan fingerprint density at radius 1 is 1.26 bits per heavy atom. The smallest absolute Gasteiger partial charge is 0.249 e. The molecule has 1 aliphatic heterocycles. The largest absolute Gasteiger partial charge is 0.344 e. The summed E-state index contributed by atoms with van der Waals surface area (Å²) < 4.78 is 0. The van der Waals surface area contributed by atoms with Crippen LogP contribution in [0.2, 0.25) is 0 Å². The third-order valence-corrected chi connectivity index (χ3v) is 4.10. The molecule has 0 bridgehead atoms. The van der Waals surface area contributed by atoms with Crippen molar-refractivity contribution in [1.82, 2.24) is 10.6 Å². The van der Waals surface area contributed by atoms with Gasteiger partial charge in [-0.15, -0.1) is 0 Å². The van der Waals surface area contributed by atoms with Crippen molar-refractivity contribution in [2.45, 2.75) is 44.6 Å². The summed E-state index contributed by atoms with van der Waals surface area (Å²) in [6, 6.07) is -0.578. The van der Waals surface area contributed by atoms with Gasteiger partial charge in [-0.3, -0.25) is 19.7 Å². The first-order valence-electron chi connectivity index (χ1n) is 6.96. The van der Waals surface area contributed by atoms with Crippen LogP contribution in [0.5, 0.6) is 0 Å². The third kappa shape index (κ3) is 3.32. The van der Waals surface area contributed by atoms with E-state index in [4.69, 9.17) is 5.73 Å². The second-order valence-electron chi connectivity index (χ2n) is 5.40. The molecule has 1 saturated carbocycles. The molecule has 2 fully saturated rings. The number of nitrogens with two attached hydrogens (primary N) is 1. The minimum absolute atomic E-state index is 0.0929. The van der Waals surface area contributed by atoms with Gasteiger partial charge in [0, 0.05) is 12.3 Å². The van der Waals surface area contributed by atoms with Crippen LogP contribution in [0, 0.1) is 11.8 Å². The maximum absolute atomic E-state index is 12.2. The van der Waals surface area contributed by atoms with Gasteiger partial charge in [0.2, 0.25) is 17.7 Å². The van der Waals surface area contributed by atoms with E-state index in [0.717, 1.165) is 25.7 Å².